The maximum absolute atomic E-state index is 10.7. The van der Waals surface area contributed by atoms with Crippen molar-refractivity contribution in [3.05, 3.63) is 93.7 Å². The number of carbonyl (C=O) groups excluding carboxylic acids is 1. The molecule has 2 aromatic carbocycles. The minimum absolute atomic E-state index is 0.0658. The van der Waals surface area contributed by atoms with E-state index in [-0.39, 0.29) is 5.69 Å². The van der Waals surface area contributed by atoms with Crippen molar-refractivity contribution in [2.75, 3.05) is 0 Å². The van der Waals surface area contributed by atoms with Gasteiger partial charge < -0.3 is 0 Å². The third-order valence-electron chi connectivity index (χ3n) is 3.66. The number of aromatic nitrogens is 1. The number of rotatable bonds is 5. The minimum Gasteiger partial charge on any atom is -0.298 e. The van der Waals surface area contributed by atoms with Gasteiger partial charge in [0.2, 0.25) is 0 Å². The number of non-ortho nitro benzene ring substituents is 1. The fourth-order valence-corrected chi connectivity index (χ4v) is 2.33. The van der Waals surface area contributed by atoms with E-state index >= 15 is 0 Å². The first-order valence-electron chi connectivity index (χ1n) is 7.61. The molecule has 3 rings (SSSR count). The van der Waals surface area contributed by atoms with Gasteiger partial charge in [-0.2, -0.15) is 0 Å². The molecule has 3 aromatic rings. The lowest BCUT2D eigenvalue weighted by Crippen LogP contribution is -1.88. The summed E-state index contributed by atoms with van der Waals surface area (Å²) >= 11 is 0. The molecule has 0 amide bonds. The quantitative estimate of drug-likeness (QED) is 0.388. The fourth-order valence-electron chi connectivity index (χ4n) is 2.33. The Morgan fingerprint density at radius 1 is 0.840 bits per heavy atom. The molecule has 0 saturated carbocycles. The second kappa shape index (κ2) is 7.31. The molecule has 0 radical (unpaired) electrons. The molecule has 0 bridgehead atoms. The van der Waals surface area contributed by atoms with Crippen LogP contribution < -0.4 is 0 Å². The van der Waals surface area contributed by atoms with E-state index in [0.29, 0.717) is 5.56 Å². The highest BCUT2D eigenvalue weighted by molar-refractivity contribution is 5.76. The molecular weight excluding hydrogens is 316 g/mol. The zero-order chi connectivity index (χ0) is 17.6. The third-order valence-corrected chi connectivity index (χ3v) is 3.66. The molecule has 0 N–H and O–H groups in total. The van der Waals surface area contributed by atoms with E-state index in [4.69, 9.17) is 0 Å². The predicted octanol–water partition coefficient (Wildman–Crippen LogP) is 4.64. The number of carbonyl (C=O) groups is 1. The van der Waals surface area contributed by atoms with Gasteiger partial charge in [-0.15, -0.1) is 0 Å². The summed E-state index contributed by atoms with van der Waals surface area (Å²) in [6.45, 7) is 0. The second-order valence-electron chi connectivity index (χ2n) is 5.37. The smallest absolute Gasteiger partial charge is 0.269 e. The Morgan fingerprint density at radius 2 is 1.52 bits per heavy atom. The second-order valence-corrected chi connectivity index (χ2v) is 5.37. The molecule has 0 aliphatic heterocycles. The number of nitrogens with zero attached hydrogens (tertiary/aromatic N) is 2. The van der Waals surface area contributed by atoms with Gasteiger partial charge in [-0.25, -0.2) is 4.98 Å². The van der Waals surface area contributed by atoms with Gasteiger partial charge in [0.25, 0.3) is 5.69 Å². The SMILES string of the molecule is O=Cc1ccc(-c2cccc(/C=C/c3ccc([N+](=O)[O-])cc3)n2)cc1. The van der Waals surface area contributed by atoms with Crippen LogP contribution in [-0.4, -0.2) is 16.2 Å². The van der Waals surface area contributed by atoms with Gasteiger partial charge in [-0.3, -0.25) is 14.9 Å². The largest absolute Gasteiger partial charge is 0.298 e. The van der Waals surface area contributed by atoms with Crippen LogP contribution in [0.4, 0.5) is 5.69 Å². The van der Waals surface area contributed by atoms with Crippen molar-refractivity contribution < 1.29 is 9.72 Å². The molecule has 0 aliphatic rings. The molecule has 0 saturated heterocycles. The highest BCUT2D eigenvalue weighted by Crippen LogP contribution is 2.19. The van der Waals surface area contributed by atoms with E-state index in [2.05, 4.69) is 4.98 Å². The molecule has 0 atom stereocenters. The number of benzene rings is 2. The number of nitro benzene ring substituents is 1. The van der Waals surface area contributed by atoms with E-state index in [9.17, 15) is 14.9 Å². The van der Waals surface area contributed by atoms with E-state index in [1.807, 2.05) is 42.5 Å². The van der Waals surface area contributed by atoms with Crippen LogP contribution in [0, 0.1) is 10.1 Å². The Hall–Kier alpha value is -3.60. The summed E-state index contributed by atoms with van der Waals surface area (Å²) in [4.78, 5) is 25.5. The minimum atomic E-state index is -0.422. The predicted molar refractivity (Wildman–Crippen MR) is 97.1 cm³/mol. The van der Waals surface area contributed by atoms with Crippen LogP contribution in [0.1, 0.15) is 21.6 Å². The number of hydrogen-bond acceptors (Lipinski definition) is 4. The Labute approximate surface area is 144 Å². The zero-order valence-corrected chi connectivity index (χ0v) is 13.2. The molecular formula is C20H14N2O3. The van der Waals surface area contributed by atoms with Crippen molar-refractivity contribution in [2.45, 2.75) is 0 Å². The summed E-state index contributed by atoms with van der Waals surface area (Å²) in [5.74, 6) is 0. The van der Waals surface area contributed by atoms with Crippen molar-refractivity contribution in [3.8, 4) is 11.3 Å². The van der Waals surface area contributed by atoms with Gasteiger partial charge in [-0.1, -0.05) is 36.4 Å². The fraction of sp³-hybridized carbons (Fsp3) is 0. The van der Waals surface area contributed by atoms with Gasteiger partial charge in [-0.05, 0) is 35.9 Å². The lowest BCUT2D eigenvalue weighted by atomic mass is 10.1. The Balaban J connectivity index is 1.80. The summed E-state index contributed by atoms with van der Waals surface area (Å²) in [6, 6.07) is 19.2. The van der Waals surface area contributed by atoms with Gasteiger partial charge in [0, 0.05) is 23.3 Å². The lowest BCUT2D eigenvalue weighted by molar-refractivity contribution is -0.384. The first-order chi connectivity index (χ1) is 12.2. The van der Waals surface area contributed by atoms with Crippen molar-refractivity contribution in [3.63, 3.8) is 0 Å². The van der Waals surface area contributed by atoms with Crippen LogP contribution in [0.25, 0.3) is 23.4 Å². The van der Waals surface area contributed by atoms with Gasteiger partial charge in [0.05, 0.1) is 16.3 Å². The number of pyridine rings is 1. The molecule has 0 unspecified atom stereocenters. The van der Waals surface area contributed by atoms with Gasteiger partial charge >= 0.3 is 0 Å². The van der Waals surface area contributed by atoms with E-state index in [1.54, 1.807) is 24.3 Å². The van der Waals surface area contributed by atoms with Crippen LogP contribution in [0.15, 0.2) is 66.7 Å². The highest BCUT2D eigenvalue weighted by atomic mass is 16.6. The zero-order valence-electron chi connectivity index (χ0n) is 13.2. The number of nitro groups is 1. The molecule has 5 heteroatoms. The molecule has 0 fully saturated rings. The summed E-state index contributed by atoms with van der Waals surface area (Å²) in [5.41, 5.74) is 4.05. The highest BCUT2D eigenvalue weighted by Gasteiger charge is 2.03. The molecule has 5 nitrogen and oxygen atoms in total. The van der Waals surface area contributed by atoms with E-state index < -0.39 is 4.92 Å². The molecule has 1 aromatic heterocycles. The third kappa shape index (κ3) is 4.03. The van der Waals surface area contributed by atoms with Crippen LogP contribution >= 0.6 is 0 Å². The Kier molecular flexibility index (Phi) is 4.76. The van der Waals surface area contributed by atoms with Gasteiger partial charge in [0.15, 0.2) is 0 Å². The molecule has 1 heterocycles. The van der Waals surface area contributed by atoms with E-state index in [1.165, 1.54) is 12.1 Å². The first-order valence-corrected chi connectivity index (χ1v) is 7.61. The summed E-state index contributed by atoms with van der Waals surface area (Å²) in [6.07, 6.45) is 4.51. The summed E-state index contributed by atoms with van der Waals surface area (Å²) in [7, 11) is 0. The average molecular weight is 330 g/mol. The maximum atomic E-state index is 10.7. The van der Waals surface area contributed by atoms with Gasteiger partial charge in [0.1, 0.15) is 6.29 Å². The van der Waals surface area contributed by atoms with Crippen molar-refractivity contribution in [2.24, 2.45) is 0 Å². The Bertz CT molecular complexity index is 930. The number of hydrogen-bond donors (Lipinski definition) is 0. The topological polar surface area (TPSA) is 73.1 Å². The molecule has 0 aliphatic carbocycles. The van der Waals surface area contributed by atoms with E-state index in [0.717, 1.165) is 28.8 Å². The van der Waals surface area contributed by atoms with Crippen molar-refractivity contribution >= 4 is 24.1 Å². The average Bonchev–Trinajstić information content (AvgIpc) is 2.67. The molecule has 122 valence electrons. The molecule has 0 spiro atoms. The standard InChI is InChI=1S/C20H14N2O3/c23-14-16-4-9-17(10-5-16)20-3-1-2-18(21-20)11-6-15-7-12-19(13-8-15)22(24)25/h1-14H/b11-6+. The molecule has 25 heavy (non-hydrogen) atoms. The van der Waals surface area contributed by atoms with Crippen LogP contribution in [0.2, 0.25) is 0 Å². The summed E-state index contributed by atoms with van der Waals surface area (Å²) < 4.78 is 0. The van der Waals surface area contributed by atoms with Crippen molar-refractivity contribution in [1.29, 1.82) is 0 Å². The maximum Gasteiger partial charge on any atom is 0.269 e. The van der Waals surface area contributed by atoms with Crippen LogP contribution in [0.3, 0.4) is 0 Å². The first kappa shape index (κ1) is 16.3. The van der Waals surface area contributed by atoms with Crippen LogP contribution in [-0.2, 0) is 0 Å². The normalized spacial score (nSPS) is 10.7. The van der Waals surface area contributed by atoms with Crippen LogP contribution in [0.5, 0.6) is 0 Å². The lowest BCUT2D eigenvalue weighted by Gasteiger charge is -2.02. The Morgan fingerprint density at radius 3 is 2.16 bits per heavy atom. The van der Waals surface area contributed by atoms with Crippen molar-refractivity contribution in [1.82, 2.24) is 4.98 Å². The number of aldehydes is 1. The summed E-state index contributed by atoms with van der Waals surface area (Å²) in [5, 5.41) is 10.7. The monoisotopic (exact) mass is 330 g/mol.